The number of anilines is 1. The Kier molecular flexibility index (Phi) is 5.38. The molecule has 0 spiro atoms. The van der Waals surface area contributed by atoms with E-state index in [2.05, 4.69) is 41.8 Å². The van der Waals surface area contributed by atoms with E-state index >= 15 is 0 Å². The van der Waals surface area contributed by atoms with Gasteiger partial charge in [-0.2, -0.15) is 0 Å². The number of rotatable bonds is 5. The largest absolute Gasteiger partial charge is 0.385 e. The second kappa shape index (κ2) is 7.04. The second-order valence-corrected chi connectivity index (χ2v) is 6.08. The van der Waals surface area contributed by atoms with E-state index in [0.29, 0.717) is 5.11 Å². The molecule has 1 fully saturated rings. The highest BCUT2D eigenvalue weighted by atomic mass is 32.1. The number of methoxy groups -OCH3 is 1. The van der Waals surface area contributed by atoms with Gasteiger partial charge in [0.15, 0.2) is 5.11 Å². The fraction of sp³-hybridized carbons (Fsp3) is 0.562. The molecule has 0 heterocycles. The van der Waals surface area contributed by atoms with Gasteiger partial charge < -0.3 is 15.4 Å². The van der Waals surface area contributed by atoms with Crippen LogP contribution in [0.1, 0.15) is 37.7 Å². The molecule has 0 bridgehead atoms. The summed E-state index contributed by atoms with van der Waals surface area (Å²) in [5, 5.41) is 7.52. The third-order valence-corrected chi connectivity index (χ3v) is 4.24. The minimum atomic E-state index is 0.116. The Morgan fingerprint density at radius 2 is 1.90 bits per heavy atom. The zero-order valence-corrected chi connectivity index (χ0v) is 13.2. The lowest BCUT2D eigenvalue weighted by atomic mass is 9.94. The molecule has 0 saturated heterocycles. The molecule has 110 valence electrons. The van der Waals surface area contributed by atoms with E-state index in [0.717, 1.165) is 18.7 Å². The normalized spacial score (nSPS) is 16.9. The maximum absolute atomic E-state index is 5.46. The molecule has 0 aromatic heterocycles. The van der Waals surface area contributed by atoms with E-state index in [1.165, 1.54) is 31.2 Å². The summed E-state index contributed by atoms with van der Waals surface area (Å²) in [5.41, 5.74) is 2.40. The number of benzene rings is 1. The molecule has 3 nitrogen and oxygen atoms in total. The van der Waals surface area contributed by atoms with E-state index in [4.69, 9.17) is 17.0 Å². The maximum atomic E-state index is 5.46. The first kappa shape index (κ1) is 15.3. The van der Waals surface area contributed by atoms with Gasteiger partial charge in [-0.15, -0.1) is 0 Å². The first-order chi connectivity index (χ1) is 9.63. The van der Waals surface area contributed by atoms with Crippen molar-refractivity contribution in [2.45, 2.75) is 44.6 Å². The van der Waals surface area contributed by atoms with Crippen LogP contribution in [0.2, 0.25) is 0 Å². The van der Waals surface area contributed by atoms with Crippen molar-refractivity contribution in [3.8, 4) is 0 Å². The van der Waals surface area contributed by atoms with Gasteiger partial charge in [0.2, 0.25) is 0 Å². The van der Waals surface area contributed by atoms with Gasteiger partial charge >= 0.3 is 0 Å². The second-order valence-electron chi connectivity index (χ2n) is 5.68. The van der Waals surface area contributed by atoms with E-state index in [9.17, 15) is 0 Å². The van der Waals surface area contributed by atoms with Crippen molar-refractivity contribution in [2.75, 3.05) is 19.0 Å². The van der Waals surface area contributed by atoms with Gasteiger partial charge in [0.1, 0.15) is 0 Å². The molecule has 1 saturated carbocycles. The first-order valence-corrected chi connectivity index (χ1v) is 7.69. The Morgan fingerprint density at radius 1 is 1.25 bits per heavy atom. The summed E-state index contributed by atoms with van der Waals surface area (Å²) in [5.74, 6) is 0. The highest BCUT2D eigenvalue weighted by molar-refractivity contribution is 7.80. The molecule has 4 heteroatoms. The molecule has 1 aromatic carbocycles. The van der Waals surface area contributed by atoms with Crippen molar-refractivity contribution >= 4 is 23.0 Å². The fourth-order valence-corrected chi connectivity index (χ4v) is 3.16. The number of hydrogen-bond acceptors (Lipinski definition) is 2. The molecular weight excluding hydrogens is 268 g/mol. The summed E-state index contributed by atoms with van der Waals surface area (Å²) >= 11 is 5.46. The summed E-state index contributed by atoms with van der Waals surface area (Å²) in [7, 11) is 1.76. The minimum Gasteiger partial charge on any atom is -0.385 e. The van der Waals surface area contributed by atoms with Crippen LogP contribution in [-0.4, -0.2) is 24.4 Å². The zero-order chi connectivity index (χ0) is 14.4. The average Bonchev–Trinajstić information content (AvgIpc) is 2.88. The van der Waals surface area contributed by atoms with Crippen molar-refractivity contribution in [1.82, 2.24) is 5.32 Å². The van der Waals surface area contributed by atoms with Gasteiger partial charge in [0, 0.05) is 24.9 Å². The molecule has 0 atom stereocenters. The molecule has 0 radical (unpaired) electrons. The smallest absolute Gasteiger partial charge is 0.171 e. The number of ether oxygens (including phenoxy) is 1. The highest BCUT2D eigenvalue weighted by Gasteiger charge is 2.33. The quantitative estimate of drug-likeness (QED) is 0.812. The summed E-state index contributed by atoms with van der Waals surface area (Å²) in [6.45, 7) is 2.86. The maximum Gasteiger partial charge on any atom is 0.171 e. The van der Waals surface area contributed by atoms with Gasteiger partial charge in [0.25, 0.3) is 0 Å². The molecule has 1 aliphatic carbocycles. The summed E-state index contributed by atoms with van der Waals surface area (Å²) in [6.07, 6.45) is 5.89. The van der Waals surface area contributed by atoms with E-state index in [1.54, 1.807) is 7.11 Å². The van der Waals surface area contributed by atoms with Crippen LogP contribution in [0.25, 0.3) is 0 Å². The molecule has 20 heavy (non-hydrogen) atoms. The standard InChI is InChI=1S/C16H24N2OS/c1-13-5-7-14(8-6-13)17-15(20)18-16(11-12-19-2)9-3-4-10-16/h5-8H,3-4,9-12H2,1-2H3,(H2,17,18,20). The molecule has 0 amide bonds. The molecule has 0 unspecified atom stereocenters. The number of hydrogen-bond donors (Lipinski definition) is 2. The fourth-order valence-electron chi connectivity index (χ4n) is 2.83. The van der Waals surface area contributed by atoms with Crippen LogP contribution in [-0.2, 0) is 4.74 Å². The van der Waals surface area contributed by atoms with Crippen molar-refractivity contribution in [2.24, 2.45) is 0 Å². The van der Waals surface area contributed by atoms with Crippen LogP contribution in [0.15, 0.2) is 24.3 Å². The molecular formula is C16H24N2OS. The zero-order valence-electron chi connectivity index (χ0n) is 12.4. The van der Waals surface area contributed by atoms with Gasteiger partial charge in [0.05, 0.1) is 0 Å². The van der Waals surface area contributed by atoms with E-state index in [-0.39, 0.29) is 5.54 Å². The van der Waals surface area contributed by atoms with Crippen molar-refractivity contribution in [3.63, 3.8) is 0 Å². The average molecular weight is 292 g/mol. The predicted octanol–water partition coefficient (Wildman–Crippen LogP) is 3.63. The van der Waals surface area contributed by atoms with Crippen LogP contribution >= 0.6 is 12.2 Å². The Hall–Kier alpha value is -1.13. The lowest BCUT2D eigenvalue weighted by Gasteiger charge is -2.31. The van der Waals surface area contributed by atoms with Crippen LogP contribution in [0.5, 0.6) is 0 Å². The summed E-state index contributed by atoms with van der Waals surface area (Å²) in [4.78, 5) is 0. The van der Waals surface area contributed by atoms with Crippen molar-refractivity contribution in [1.29, 1.82) is 0 Å². The number of thiocarbonyl (C=S) groups is 1. The van der Waals surface area contributed by atoms with Crippen LogP contribution in [0.3, 0.4) is 0 Å². The monoisotopic (exact) mass is 292 g/mol. The van der Waals surface area contributed by atoms with Crippen molar-refractivity contribution < 1.29 is 4.74 Å². The summed E-state index contributed by atoms with van der Waals surface area (Å²) in [6, 6.07) is 8.28. The van der Waals surface area contributed by atoms with E-state index in [1.807, 2.05) is 0 Å². The van der Waals surface area contributed by atoms with Gasteiger partial charge in [-0.1, -0.05) is 30.5 Å². The highest BCUT2D eigenvalue weighted by Crippen LogP contribution is 2.32. The van der Waals surface area contributed by atoms with E-state index < -0.39 is 0 Å². The molecule has 2 N–H and O–H groups in total. The summed E-state index contributed by atoms with van der Waals surface area (Å²) < 4.78 is 5.24. The Bertz CT molecular complexity index is 438. The van der Waals surface area contributed by atoms with Crippen molar-refractivity contribution in [3.05, 3.63) is 29.8 Å². The van der Waals surface area contributed by atoms with Gasteiger partial charge in [-0.3, -0.25) is 0 Å². The van der Waals surface area contributed by atoms with Crippen LogP contribution < -0.4 is 10.6 Å². The predicted molar refractivity (Wildman–Crippen MR) is 88.2 cm³/mol. The van der Waals surface area contributed by atoms with Gasteiger partial charge in [-0.05, 0) is 50.5 Å². The molecule has 0 aliphatic heterocycles. The van der Waals surface area contributed by atoms with Crippen LogP contribution in [0.4, 0.5) is 5.69 Å². The Morgan fingerprint density at radius 3 is 2.50 bits per heavy atom. The number of aryl methyl sites for hydroxylation is 1. The lowest BCUT2D eigenvalue weighted by Crippen LogP contribution is -2.48. The van der Waals surface area contributed by atoms with Crippen LogP contribution in [0, 0.1) is 6.92 Å². The third kappa shape index (κ3) is 4.18. The molecule has 1 aliphatic rings. The Balaban J connectivity index is 1.93. The SMILES string of the molecule is COCCC1(NC(=S)Nc2ccc(C)cc2)CCCC1. The minimum absolute atomic E-state index is 0.116. The number of nitrogens with one attached hydrogen (secondary N) is 2. The topological polar surface area (TPSA) is 33.3 Å². The Labute approximate surface area is 127 Å². The lowest BCUT2D eigenvalue weighted by molar-refractivity contribution is 0.163. The first-order valence-electron chi connectivity index (χ1n) is 7.28. The third-order valence-electron chi connectivity index (χ3n) is 4.03. The molecule has 2 rings (SSSR count). The molecule has 1 aromatic rings. The van der Waals surface area contributed by atoms with Gasteiger partial charge in [-0.25, -0.2) is 0 Å².